The van der Waals surface area contributed by atoms with Crippen molar-refractivity contribution in [1.29, 1.82) is 0 Å². The highest BCUT2D eigenvalue weighted by Crippen LogP contribution is 2.35. The highest BCUT2D eigenvalue weighted by atomic mass is 19.4. The monoisotopic (exact) mass is 367 g/mol. The van der Waals surface area contributed by atoms with E-state index in [0.29, 0.717) is 11.3 Å². The summed E-state index contributed by atoms with van der Waals surface area (Å²) in [5.74, 6) is -0.156. The lowest BCUT2D eigenvalue weighted by molar-refractivity contribution is -0.154. The Balaban J connectivity index is 1.95. The van der Waals surface area contributed by atoms with Crippen LogP contribution in [0.5, 0.6) is 11.6 Å². The normalized spacial score (nSPS) is 14.0. The van der Waals surface area contributed by atoms with E-state index in [1.807, 2.05) is 0 Å². The first-order valence-electron chi connectivity index (χ1n) is 7.88. The molecule has 138 valence electrons. The number of hydrogen-bond donors (Lipinski definition) is 1. The molecule has 9 heteroatoms. The molecule has 1 fully saturated rings. The molecular weight excluding hydrogens is 351 g/mol. The summed E-state index contributed by atoms with van der Waals surface area (Å²) in [4.78, 5) is 20.3. The van der Waals surface area contributed by atoms with Crippen LogP contribution in [0.4, 0.5) is 19.0 Å². The van der Waals surface area contributed by atoms with Gasteiger partial charge in [-0.05, 0) is 25.0 Å². The van der Waals surface area contributed by atoms with Gasteiger partial charge in [0, 0.05) is 11.5 Å². The topological polar surface area (TPSA) is 73.3 Å². The van der Waals surface area contributed by atoms with Crippen molar-refractivity contribution in [3.8, 4) is 22.9 Å². The first-order valence-corrected chi connectivity index (χ1v) is 7.88. The van der Waals surface area contributed by atoms with Gasteiger partial charge in [0.05, 0.1) is 13.3 Å². The SMILES string of the molecule is COc1ccccc1-c1ncc(OCC(F)(F)F)nc1NC(=O)C1CC1. The molecule has 0 atom stereocenters. The van der Waals surface area contributed by atoms with Crippen LogP contribution in [-0.4, -0.2) is 35.8 Å². The molecular formula is C17H16F3N3O3. The third kappa shape index (κ3) is 4.41. The third-order valence-corrected chi connectivity index (χ3v) is 3.69. The number of aromatic nitrogens is 2. The third-order valence-electron chi connectivity index (χ3n) is 3.69. The van der Waals surface area contributed by atoms with Gasteiger partial charge in [0.2, 0.25) is 11.8 Å². The summed E-state index contributed by atoms with van der Waals surface area (Å²) in [6, 6.07) is 6.93. The number of nitrogens with zero attached hydrogens (tertiary/aromatic N) is 2. The second kappa shape index (κ2) is 7.19. The Morgan fingerprint density at radius 3 is 2.69 bits per heavy atom. The molecule has 0 unspecified atom stereocenters. The molecule has 0 aliphatic heterocycles. The molecule has 1 aromatic heterocycles. The molecule has 0 spiro atoms. The van der Waals surface area contributed by atoms with E-state index in [4.69, 9.17) is 4.74 Å². The van der Waals surface area contributed by atoms with E-state index in [2.05, 4.69) is 20.0 Å². The maximum Gasteiger partial charge on any atom is 0.422 e. The number of alkyl halides is 3. The molecule has 1 amide bonds. The zero-order chi connectivity index (χ0) is 18.7. The van der Waals surface area contributed by atoms with Crippen LogP contribution in [0.25, 0.3) is 11.3 Å². The van der Waals surface area contributed by atoms with Gasteiger partial charge in [-0.25, -0.2) is 4.98 Å². The summed E-state index contributed by atoms with van der Waals surface area (Å²) < 4.78 is 47.0. The van der Waals surface area contributed by atoms with E-state index in [0.717, 1.165) is 19.0 Å². The Morgan fingerprint density at radius 2 is 2.04 bits per heavy atom. The second-order valence-corrected chi connectivity index (χ2v) is 5.77. The minimum Gasteiger partial charge on any atom is -0.496 e. The molecule has 0 saturated heterocycles. The van der Waals surface area contributed by atoms with Gasteiger partial charge in [0.1, 0.15) is 11.4 Å². The lowest BCUT2D eigenvalue weighted by Gasteiger charge is -2.14. The first-order chi connectivity index (χ1) is 12.4. The molecule has 2 aromatic rings. The maximum absolute atomic E-state index is 12.3. The summed E-state index contributed by atoms with van der Waals surface area (Å²) in [6.07, 6.45) is -1.87. The van der Waals surface area contributed by atoms with Gasteiger partial charge in [-0.3, -0.25) is 4.79 Å². The van der Waals surface area contributed by atoms with Gasteiger partial charge < -0.3 is 14.8 Å². The summed E-state index contributed by atoms with van der Waals surface area (Å²) >= 11 is 0. The number of carbonyl (C=O) groups excluding carboxylic acids is 1. The molecule has 1 aromatic carbocycles. The number of rotatable bonds is 6. The van der Waals surface area contributed by atoms with Gasteiger partial charge in [-0.15, -0.1) is 0 Å². The number of benzene rings is 1. The second-order valence-electron chi connectivity index (χ2n) is 5.77. The van der Waals surface area contributed by atoms with E-state index in [1.165, 1.54) is 7.11 Å². The molecule has 26 heavy (non-hydrogen) atoms. The molecule has 1 heterocycles. The number of carbonyl (C=O) groups is 1. The lowest BCUT2D eigenvalue weighted by Crippen LogP contribution is -2.20. The Labute approximate surface area is 147 Å². The van der Waals surface area contributed by atoms with Crippen LogP contribution in [-0.2, 0) is 4.79 Å². The number of amides is 1. The zero-order valence-electron chi connectivity index (χ0n) is 13.8. The number of hydrogen-bond acceptors (Lipinski definition) is 5. The standard InChI is InChI=1S/C17H16F3N3O3/c1-25-12-5-3-2-4-11(12)14-15(23-16(24)10-6-7-10)22-13(8-21-14)26-9-17(18,19)20/h2-5,8,10H,6-7,9H2,1H3,(H,22,23,24). The van der Waals surface area contributed by atoms with Gasteiger partial charge in [-0.2, -0.15) is 18.2 Å². The number of para-hydroxylation sites is 1. The van der Waals surface area contributed by atoms with Crippen molar-refractivity contribution in [2.24, 2.45) is 5.92 Å². The molecule has 3 rings (SSSR count). The van der Waals surface area contributed by atoms with Crippen LogP contribution in [0.3, 0.4) is 0 Å². The van der Waals surface area contributed by atoms with E-state index < -0.39 is 12.8 Å². The average Bonchev–Trinajstić information content (AvgIpc) is 3.45. The molecule has 1 aliphatic rings. The zero-order valence-corrected chi connectivity index (χ0v) is 13.8. The highest BCUT2D eigenvalue weighted by molar-refractivity contribution is 5.96. The fourth-order valence-corrected chi connectivity index (χ4v) is 2.29. The number of ether oxygens (including phenoxy) is 2. The van der Waals surface area contributed by atoms with E-state index in [1.54, 1.807) is 24.3 Å². The number of methoxy groups -OCH3 is 1. The Morgan fingerprint density at radius 1 is 1.31 bits per heavy atom. The smallest absolute Gasteiger partial charge is 0.422 e. The predicted octanol–water partition coefficient (Wildman–Crippen LogP) is 3.44. The molecule has 1 N–H and O–H groups in total. The summed E-state index contributed by atoms with van der Waals surface area (Å²) in [5.41, 5.74) is 0.840. The van der Waals surface area contributed by atoms with Gasteiger partial charge in [0.25, 0.3) is 0 Å². The fraction of sp³-hybridized carbons (Fsp3) is 0.353. The van der Waals surface area contributed by atoms with Crippen molar-refractivity contribution in [2.45, 2.75) is 19.0 Å². The summed E-state index contributed by atoms with van der Waals surface area (Å²) in [7, 11) is 1.48. The molecule has 1 saturated carbocycles. The first kappa shape index (κ1) is 18.0. The summed E-state index contributed by atoms with van der Waals surface area (Å²) in [6.45, 7) is -1.49. The molecule has 0 bridgehead atoms. The van der Waals surface area contributed by atoms with Crippen molar-refractivity contribution in [1.82, 2.24) is 9.97 Å². The van der Waals surface area contributed by atoms with Crippen LogP contribution in [0, 0.1) is 5.92 Å². The number of halogens is 3. The van der Waals surface area contributed by atoms with Crippen LogP contribution in [0.2, 0.25) is 0 Å². The van der Waals surface area contributed by atoms with Crippen LogP contribution in [0.15, 0.2) is 30.5 Å². The molecule has 6 nitrogen and oxygen atoms in total. The molecule has 0 radical (unpaired) electrons. The largest absolute Gasteiger partial charge is 0.496 e. The van der Waals surface area contributed by atoms with Gasteiger partial charge in [-0.1, -0.05) is 12.1 Å². The maximum atomic E-state index is 12.3. The Hall–Kier alpha value is -2.84. The fourth-order valence-electron chi connectivity index (χ4n) is 2.29. The minimum atomic E-state index is -4.50. The minimum absolute atomic E-state index is 0.0334. The van der Waals surface area contributed by atoms with E-state index in [-0.39, 0.29) is 29.2 Å². The quantitative estimate of drug-likeness (QED) is 0.847. The highest BCUT2D eigenvalue weighted by Gasteiger charge is 2.31. The van der Waals surface area contributed by atoms with E-state index in [9.17, 15) is 18.0 Å². The predicted molar refractivity (Wildman–Crippen MR) is 86.9 cm³/mol. The van der Waals surface area contributed by atoms with Crippen LogP contribution >= 0.6 is 0 Å². The van der Waals surface area contributed by atoms with Crippen molar-refractivity contribution in [3.63, 3.8) is 0 Å². The lowest BCUT2D eigenvalue weighted by atomic mass is 10.1. The number of anilines is 1. The van der Waals surface area contributed by atoms with Crippen molar-refractivity contribution < 1.29 is 27.4 Å². The Bertz CT molecular complexity index is 807. The van der Waals surface area contributed by atoms with Gasteiger partial charge >= 0.3 is 6.18 Å². The van der Waals surface area contributed by atoms with E-state index >= 15 is 0 Å². The summed E-state index contributed by atoms with van der Waals surface area (Å²) in [5, 5.41) is 2.63. The Kier molecular flexibility index (Phi) is 4.97. The number of nitrogens with one attached hydrogen (secondary N) is 1. The van der Waals surface area contributed by atoms with Crippen molar-refractivity contribution in [2.75, 3.05) is 19.0 Å². The average molecular weight is 367 g/mol. The van der Waals surface area contributed by atoms with Gasteiger partial charge in [0.15, 0.2) is 12.4 Å². The van der Waals surface area contributed by atoms with Crippen molar-refractivity contribution >= 4 is 11.7 Å². The molecule has 1 aliphatic carbocycles. The van der Waals surface area contributed by atoms with Crippen LogP contribution in [0.1, 0.15) is 12.8 Å². The van der Waals surface area contributed by atoms with Crippen molar-refractivity contribution in [3.05, 3.63) is 30.5 Å². The van der Waals surface area contributed by atoms with Crippen LogP contribution < -0.4 is 14.8 Å².